The van der Waals surface area contributed by atoms with Crippen molar-refractivity contribution in [3.63, 3.8) is 0 Å². The predicted molar refractivity (Wildman–Crippen MR) is 234 cm³/mol. The van der Waals surface area contributed by atoms with E-state index < -0.39 is 0 Å². The number of hydrogen-bond acceptors (Lipinski definition) is 1. The lowest BCUT2D eigenvalue weighted by Crippen LogP contribution is -2.26. The van der Waals surface area contributed by atoms with Crippen molar-refractivity contribution in [3.8, 4) is 22.3 Å². The van der Waals surface area contributed by atoms with E-state index in [1.54, 1.807) is 0 Å². The van der Waals surface area contributed by atoms with Gasteiger partial charge in [-0.2, -0.15) is 0 Å². The van der Waals surface area contributed by atoms with Crippen molar-refractivity contribution >= 4 is 49.4 Å². The van der Waals surface area contributed by atoms with Crippen LogP contribution in [0.25, 0.3) is 54.6 Å². The third-order valence-corrected chi connectivity index (χ3v) is 11.9. The monoisotopic (exact) mass is 699 g/mol. The van der Waals surface area contributed by atoms with Gasteiger partial charge in [0.15, 0.2) is 0 Å². The first-order valence-electron chi connectivity index (χ1n) is 19.4. The fraction of sp³-hybridized carbons (Fsp3) is 0.208. The molecule has 0 radical (unpaired) electrons. The molecule has 266 valence electrons. The van der Waals surface area contributed by atoms with Crippen LogP contribution in [0, 0.1) is 0 Å². The maximum absolute atomic E-state index is 2.52. The second-order valence-corrected chi connectivity index (χ2v) is 17.8. The topological polar surface area (TPSA) is 3.24 Å². The number of rotatable bonds is 4. The van der Waals surface area contributed by atoms with E-state index in [1.165, 1.54) is 82.5 Å². The summed E-state index contributed by atoms with van der Waals surface area (Å²) in [7, 11) is 0. The van der Waals surface area contributed by atoms with Gasteiger partial charge in [-0.1, -0.05) is 177 Å². The Morgan fingerprint density at radius 3 is 1.54 bits per heavy atom. The van der Waals surface area contributed by atoms with Crippen LogP contribution >= 0.6 is 0 Å². The lowest BCUT2D eigenvalue weighted by molar-refractivity contribution is 0.545. The largest absolute Gasteiger partial charge is 0.310 e. The highest BCUT2D eigenvalue weighted by Crippen LogP contribution is 2.57. The number of anilines is 3. The minimum absolute atomic E-state index is 0.0139. The van der Waals surface area contributed by atoms with Crippen molar-refractivity contribution in [1.29, 1.82) is 0 Å². The highest BCUT2D eigenvalue weighted by atomic mass is 15.1. The van der Waals surface area contributed by atoms with E-state index in [9.17, 15) is 0 Å². The van der Waals surface area contributed by atoms with E-state index in [4.69, 9.17) is 0 Å². The summed E-state index contributed by atoms with van der Waals surface area (Å²) in [5.41, 5.74) is 14.1. The van der Waals surface area contributed by atoms with Gasteiger partial charge in [-0.05, 0) is 118 Å². The standard InChI is InChI=1S/C53H49N/c1-51(2,3)36-31-46-44-23-16-24-48(50(44)53(7,8)49(46)47(32-36)52(4,5)6)54(37-27-25-35(26-28-37)34-17-10-9-11-18-34)38-29-30-43-41-21-13-12-19-39(41)40-20-14-15-22-42(40)45(43)33-38/h9-33H,1-8H3. The van der Waals surface area contributed by atoms with Crippen molar-refractivity contribution < 1.29 is 0 Å². The average Bonchev–Trinajstić information content (AvgIpc) is 3.41. The molecule has 0 aliphatic heterocycles. The van der Waals surface area contributed by atoms with Gasteiger partial charge in [0.25, 0.3) is 0 Å². The Hall–Kier alpha value is -5.66. The van der Waals surface area contributed by atoms with Crippen LogP contribution in [0.5, 0.6) is 0 Å². The lowest BCUT2D eigenvalue weighted by atomic mass is 9.71. The van der Waals surface area contributed by atoms with Crippen LogP contribution in [0.1, 0.15) is 77.6 Å². The number of nitrogens with zero attached hydrogens (tertiary/aromatic N) is 1. The molecule has 0 bridgehead atoms. The Morgan fingerprint density at radius 2 is 0.944 bits per heavy atom. The molecular weight excluding hydrogens is 651 g/mol. The summed E-state index contributed by atoms with van der Waals surface area (Å²) in [6.45, 7) is 19.0. The summed E-state index contributed by atoms with van der Waals surface area (Å²) < 4.78 is 0. The SMILES string of the molecule is CC(C)(C)c1cc2c(c(C(C)(C)C)c1)C(C)(C)c1c-2cccc1N(c1ccc(-c2ccccc2)cc1)c1ccc2c3ccccc3c3ccccc3c2c1. The molecule has 0 N–H and O–H groups in total. The summed E-state index contributed by atoms with van der Waals surface area (Å²) in [4.78, 5) is 2.52. The molecule has 54 heavy (non-hydrogen) atoms. The molecule has 0 unspecified atom stereocenters. The van der Waals surface area contributed by atoms with Gasteiger partial charge in [0, 0.05) is 16.8 Å². The molecule has 0 saturated carbocycles. The van der Waals surface area contributed by atoms with Gasteiger partial charge < -0.3 is 4.90 Å². The minimum Gasteiger partial charge on any atom is -0.310 e. The van der Waals surface area contributed by atoms with Crippen molar-refractivity contribution in [1.82, 2.24) is 0 Å². The fourth-order valence-corrected chi connectivity index (χ4v) is 9.18. The summed E-state index contributed by atoms with van der Waals surface area (Å²) in [6, 6.07) is 56.7. The Balaban J connectivity index is 1.33. The van der Waals surface area contributed by atoms with Crippen molar-refractivity contribution in [2.45, 2.75) is 71.6 Å². The van der Waals surface area contributed by atoms with Gasteiger partial charge in [-0.3, -0.25) is 0 Å². The molecule has 0 spiro atoms. The molecule has 0 atom stereocenters. The van der Waals surface area contributed by atoms with Crippen molar-refractivity contribution in [2.75, 3.05) is 4.90 Å². The van der Waals surface area contributed by atoms with Crippen LogP contribution in [-0.2, 0) is 16.2 Å². The van der Waals surface area contributed by atoms with Gasteiger partial charge in [-0.15, -0.1) is 0 Å². The van der Waals surface area contributed by atoms with Gasteiger partial charge in [0.05, 0.1) is 5.69 Å². The van der Waals surface area contributed by atoms with Gasteiger partial charge in [0.2, 0.25) is 0 Å². The van der Waals surface area contributed by atoms with E-state index >= 15 is 0 Å². The third-order valence-electron chi connectivity index (χ3n) is 11.9. The predicted octanol–water partition coefficient (Wildman–Crippen LogP) is 15.2. The molecule has 1 aliphatic carbocycles. The second kappa shape index (κ2) is 12.2. The molecule has 0 amide bonds. The summed E-state index contributed by atoms with van der Waals surface area (Å²) >= 11 is 0. The van der Waals surface area contributed by atoms with Crippen molar-refractivity contribution in [3.05, 3.63) is 174 Å². The summed E-state index contributed by atoms with van der Waals surface area (Å²) in [6.07, 6.45) is 0. The van der Waals surface area contributed by atoms with E-state index in [-0.39, 0.29) is 16.2 Å². The molecule has 8 aromatic rings. The quantitative estimate of drug-likeness (QED) is 0.165. The third kappa shape index (κ3) is 5.36. The molecule has 0 heterocycles. The maximum atomic E-state index is 2.52. The van der Waals surface area contributed by atoms with Crippen LogP contribution < -0.4 is 4.90 Å². The Morgan fingerprint density at radius 1 is 0.407 bits per heavy atom. The fourth-order valence-electron chi connectivity index (χ4n) is 9.18. The van der Waals surface area contributed by atoms with Crippen LogP contribution in [0.3, 0.4) is 0 Å². The Kier molecular flexibility index (Phi) is 7.70. The van der Waals surface area contributed by atoms with Crippen molar-refractivity contribution in [2.24, 2.45) is 0 Å². The first-order valence-corrected chi connectivity index (χ1v) is 19.4. The van der Waals surface area contributed by atoms with E-state index in [1.807, 2.05) is 0 Å². The van der Waals surface area contributed by atoms with Crippen LogP contribution in [-0.4, -0.2) is 0 Å². The van der Waals surface area contributed by atoms with E-state index in [0.717, 1.165) is 11.4 Å². The number of fused-ring (bicyclic) bond motifs is 9. The zero-order chi connectivity index (χ0) is 37.6. The number of hydrogen-bond donors (Lipinski definition) is 0. The number of benzene rings is 8. The first kappa shape index (κ1) is 34.1. The molecular formula is C53H49N. The molecule has 1 aliphatic rings. The minimum atomic E-state index is -0.234. The van der Waals surface area contributed by atoms with Crippen LogP contribution in [0.4, 0.5) is 17.1 Å². The second-order valence-electron chi connectivity index (χ2n) is 17.8. The molecule has 8 aromatic carbocycles. The molecule has 0 fully saturated rings. The molecule has 1 nitrogen and oxygen atoms in total. The lowest BCUT2D eigenvalue weighted by Gasteiger charge is -2.35. The average molecular weight is 700 g/mol. The van der Waals surface area contributed by atoms with Crippen LogP contribution in [0.15, 0.2) is 152 Å². The zero-order valence-corrected chi connectivity index (χ0v) is 32.9. The summed E-state index contributed by atoms with van der Waals surface area (Å²) in [5, 5.41) is 7.71. The Bertz CT molecular complexity index is 2700. The van der Waals surface area contributed by atoms with E-state index in [2.05, 4.69) is 212 Å². The molecule has 9 rings (SSSR count). The first-order chi connectivity index (χ1) is 25.8. The molecule has 1 heteroatoms. The van der Waals surface area contributed by atoms with Gasteiger partial charge in [-0.25, -0.2) is 0 Å². The highest BCUT2D eigenvalue weighted by Gasteiger charge is 2.43. The zero-order valence-electron chi connectivity index (χ0n) is 32.9. The highest BCUT2D eigenvalue weighted by molar-refractivity contribution is 6.25. The molecule has 0 saturated heterocycles. The van der Waals surface area contributed by atoms with Gasteiger partial charge in [0.1, 0.15) is 0 Å². The summed E-state index contributed by atoms with van der Waals surface area (Å²) in [5.74, 6) is 0. The van der Waals surface area contributed by atoms with E-state index in [0.29, 0.717) is 0 Å². The molecule has 0 aromatic heterocycles. The maximum Gasteiger partial charge on any atom is 0.0508 e. The normalized spacial score (nSPS) is 13.7. The Labute approximate surface area is 320 Å². The van der Waals surface area contributed by atoms with Gasteiger partial charge >= 0.3 is 0 Å². The van der Waals surface area contributed by atoms with Crippen LogP contribution in [0.2, 0.25) is 0 Å². The smallest absolute Gasteiger partial charge is 0.0508 e.